The van der Waals surface area contributed by atoms with Crippen molar-refractivity contribution >= 4 is 43.7 Å². The summed E-state index contributed by atoms with van der Waals surface area (Å²) in [5.74, 6) is -4.94. The standard InChI is InChI=1S/C45H28N4O6/c50-37-35(38(51)40(53)41(54)39(37)52)45-47-43(25-13-5-2-6-14-25)46-44(48-45)31-19-10-18-30-32-23-26(21-22-34(32)55-42(30)31)49-33-20-8-7-15-28(33)29-17-9-16-27(36(29)49)24-11-3-1-4-12-24/h1-23,50-54H. The molecule has 264 valence electrons. The lowest BCUT2D eigenvalue weighted by atomic mass is 10.0. The maximum absolute atomic E-state index is 10.8. The van der Waals surface area contributed by atoms with E-state index in [-0.39, 0.29) is 17.5 Å². The van der Waals surface area contributed by atoms with Gasteiger partial charge in [0.05, 0.1) is 16.6 Å². The molecule has 10 heteroatoms. The van der Waals surface area contributed by atoms with Gasteiger partial charge in [0, 0.05) is 38.4 Å². The van der Waals surface area contributed by atoms with E-state index in [1.807, 2.05) is 66.7 Å². The van der Waals surface area contributed by atoms with Crippen LogP contribution in [-0.2, 0) is 0 Å². The van der Waals surface area contributed by atoms with Crippen molar-refractivity contribution < 1.29 is 29.9 Å². The van der Waals surface area contributed by atoms with Crippen LogP contribution in [0.15, 0.2) is 144 Å². The van der Waals surface area contributed by atoms with E-state index in [4.69, 9.17) is 9.40 Å². The van der Waals surface area contributed by atoms with Gasteiger partial charge < -0.3 is 34.5 Å². The number of fused-ring (bicyclic) bond motifs is 6. The molecule has 10 aromatic rings. The van der Waals surface area contributed by atoms with E-state index in [0.717, 1.165) is 49.4 Å². The Morgan fingerprint density at radius 2 is 1.02 bits per heavy atom. The molecule has 10 nitrogen and oxygen atoms in total. The highest BCUT2D eigenvalue weighted by molar-refractivity contribution is 6.15. The number of aromatic hydroxyl groups is 5. The summed E-state index contributed by atoms with van der Waals surface area (Å²) < 4.78 is 8.84. The average molecular weight is 721 g/mol. The second-order valence-electron chi connectivity index (χ2n) is 13.2. The van der Waals surface area contributed by atoms with Gasteiger partial charge in [-0.1, -0.05) is 109 Å². The molecule has 5 N–H and O–H groups in total. The molecule has 0 atom stereocenters. The van der Waals surface area contributed by atoms with Crippen LogP contribution >= 0.6 is 0 Å². The van der Waals surface area contributed by atoms with Crippen LogP contribution in [0.4, 0.5) is 0 Å². The first kappa shape index (κ1) is 31.9. The zero-order valence-electron chi connectivity index (χ0n) is 28.7. The van der Waals surface area contributed by atoms with Crippen LogP contribution in [0, 0.1) is 0 Å². The fraction of sp³-hybridized carbons (Fsp3) is 0. The van der Waals surface area contributed by atoms with Crippen LogP contribution in [0.1, 0.15) is 0 Å². The van der Waals surface area contributed by atoms with Crippen molar-refractivity contribution in [3.8, 4) is 79.7 Å². The van der Waals surface area contributed by atoms with E-state index in [9.17, 15) is 25.5 Å². The predicted octanol–water partition coefficient (Wildman–Crippen LogP) is 10.1. The lowest BCUT2D eigenvalue weighted by Gasteiger charge is -2.13. The van der Waals surface area contributed by atoms with Crippen molar-refractivity contribution in [3.05, 3.63) is 140 Å². The molecule has 10 rings (SSSR count). The van der Waals surface area contributed by atoms with Gasteiger partial charge in [-0.3, -0.25) is 0 Å². The van der Waals surface area contributed by atoms with Crippen molar-refractivity contribution in [2.45, 2.75) is 0 Å². The normalized spacial score (nSPS) is 11.6. The average Bonchev–Trinajstić information content (AvgIpc) is 3.78. The minimum absolute atomic E-state index is 0.134. The van der Waals surface area contributed by atoms with Gasteiger partial charge in [-0.05, 0) is 35.9 Å². The summed E-state index contributed by atoms with van der Waals surface area (Å²) in [7, 11) is 0. The highest BCUT2D eigenvalue weighted by atomic mass is 16.4. The molecule has 0 spiro atoms. The third-order valence-corrected chi connectivity index (χ3v) is 10.0. The van der Waals surface area contributed by atoms with E-state index in [2.05, 4.69) is 69.1 Å². The van der Waals surface area contributed by atoms with Crippen molar-refractivity contribution in [1.82, 2.24) is 19.5 Å². The maximum Gasteiger partial charge on any atom is 0.208 e. The molecule has 3 aromatic heterocycles. The van der Waals surface area contributed by atoms with Crippen molar-refractivity contribution in [1.29, 1.82) is 0 Å². The number of phenols is 5. The lowest BCUT2D eigenvalue weighted by molar-refractivity contribution is 0.329. The van der Waals surface area contributed by atoms with E-state index < -0.39 is 34.3 Å². The Labute approximate surface area is 311 Å². The molecule has 0 aliphatic rings. The highest BCUT2D eigenvalue weighted by Crippen LogP contribution is 2.54. The van der Waals surface area contributed by atoms with Crippen molar-refractivity contribution in [2.24, 2.45) is 0 Å². The number of para-hydroxylation sites is 3. The molecule has 0 saturated heterocycles. The van der Waals surface area contributed by atoms with Gasteiger partial charge in [-0.2, -0.15) is 0 Å². The van der Waals surface area contributed by atoms with E-state index in [1.165, 1.54) is 0 Å². The summed E-state index contributed by atoms with van der Waals surface area (Å²) in [5, 5.41) is 56.4. The van der Waals surface area contributed by atoms with Crippen LogP contribution in [0.2, 0.25) is 0 Å². The van der Waals surface area contributed by atoms with Crippen LogP contribution in [0.3, 0.4) is 0 Å². The molecule has 0 fully saturated rings. The molecule has 0 unspecified atom stereocenters. The SMILES string of the molecule is Oc1c(O)c(O)c(-c2nc(-c3ccccc3)nc(-c3cccc4c3oc3ccc(-n5c6ccccc6c6cccc(-c7ccccc7)c65)cc34)n2)c(O)c1O. The topological polar surface area (TPSA) is 158 Å². The van der Waals surface area contributed by atoms with Gasteiger partial charge in [-0.15, -0.1) is 0 Å². The number of rotatable bonds is 5. The van der Waals surface area contributed by atoms with E-state index >= 15 is 0 Å². The molecule has 0 aliphatic heterocycles. The fourth-order valence-electron chi connectivity index (χ4n) is 7.46. The van der Waals surface area contributed by atoms with Gasteiger partial charge >= 0.3 is 0 Å². The summed E-state index contributed by atoms with van der Waals surface area (Å²) in [4.78, 5) is 13.9. The Kier molecular flexibility index (Phi) is 7.01. The zero-order chi connectivity index (χ0) is 37.4. The quantitative estimate of drug-likeness (QED) is 0.0862. The van der Waals surface area contributed by atoms with Crippen molar-refractivity contribution in [2.75, 3.05) is 0 Å². The Morgan fingerprint density at radius 1 is 0.436 bits per heavy atom. The van der Waals surface area contributed by atoms with Crippen molar-refractivity contribution in [3.63, 3.8) is 0 Å². The predicted molar refractivity (Wildman–Crippen MR) is 212 cm³/mol. The second kappa shape index (κ2) is 12.1. The Balaban J connectivity index is 1.20. The zero-order valence-corrected chi connectivity index (χ0v) is 28.7. The fourth-order valence-corrected chi connectivity index (χ4v) is 7.46. The molecule has 0 aliphatic carbocycles. The number of benzene rings is 7. The maximum atomic E-state index is 10.8. The smallest absolute Gasteiger partial charge is 0.208 e. The largest absolute Gasteiger partial charge is 0.504 e. The molecular weight excluding hydrogens is 693 g/mol. The van der Waals surface area contributed by atoms with Crippen LogP contribution in [0.5, 0.6) is 28.7 Å². The summed E-state index contributed by atoms with van der Waals surface area (Å²) >= 11 is 0. The molecule has 55 heavy (non-hydrogen) atoms. The Morgan fingerprint density at radius 3 is 1.76 bits per heavy atom. The number of aromatic nitrogens is 4. The Hall–Kier alpha value is -7.85. The molecule has 7 aromatic carbocycles. The second-order valence-corrected chi connectivity index (χ2v) is 13.2. The monoisotopic (exact) mass is 720 g/mol. The van der Waals surface area contributed by atoms with Crippen LogP contribution in [0.25, 0.3) is 94.7 Å². The van der Waals surface area contributed by atoms with Gasteiger partial charge in [0.1, 0.15) is 16.7 Å². The number of hydrogen-bond donors (Lipinski definition) is 5. The molecular formula is C45H28N4O6. The summed E-state index contributed by atoms with van der Waals surface area (Å²) in [6, 6.07) is 45.9. The van der Waals surface area contributed by atoms with E-state index in [1.54, 1.807) is 18.2 Å². The first-order valence-corrected chi connectivity index (χ1v) is 17.4. The number of hydrogen-bond acceptors (Lipinski definition) is 9. The molecule has 3 heterocycles. The summed E-state index contributed by atoms with van der Waals surface area (Å²) in [5.41, 5.74) is 7.05. The summed E-state index contributed by atoms with van der Waals surface area (Å²) in [6.07, 6.45) is 0. The lowest BCUT2D eigenvalue weighted by Crippen LogP contribution is -2.01. The van der Waals surface area contributed by atoms with Gasteiger partial charge in [0.25, 0.3) is 0 Å². The minimum Gasteiger partial charge on any atom is -0.504 e. The highest BCUT2D eigenvalue weighted by Gasteiger charge is 2.28. The van der Waals surface area contributed by atoms with E-state index in [0.29, 0.717) is 22.3 Å². The molecule has 0 bridgehead atoms. The first-order chi connectivity index (χ1) is 26.9. The molecule has 0 saturated carbocycles. The summed E-state index contributed by atoms with van der Waals surface area (Å²) in [6.45, 7) is 0. The molecule has 0 radical (unpaired) electrons. The van der Waals surface area contributed by atoms with Gasteiger partial charge in [0.2, 0.25) is 17.2 Å². The van der Waals surface area contributed by atoms with Gasteiger partial charge in [-0.25, -0.2) is 15.0 Å². The van der Waals surface area contributed by atoms with Crippen LogP contribution < -0.4 is 0 Å². The minimum atomic E-state index is -1.08. The number of phenolic OH excluding ortho intramolecular Hbond substituents is 5. The van der Waals surface area contributed by atoms with Crippen LogP contribution in [-0.4, -0.2) is 45.1 Å². The third kappa shape index (κ3) is 4.85. The van der Waals surface area contributed by atoms with Gasteiger partial charge in [0.15, 0.2) is 29.0 Å². The number of furan rings is 1. The number of nitrogens with zero attached hydrogens (tertiary/aromatic N) is 4. The Bertz CT molecular complexity index is 3130. The molecule has 0 amide bonds. The third-order valence-electron chi connectivity index (χ3n) is 10.0. The first-order valence-electron chi connectivity index (χ1n) is 17.4.